The molecule has 1 aromatic heterocycles. The van der Waals surface area contributed by atoms with E-state index >= 15 is 0 Å². The molecule has 1 aromatic rings. The normalized spacial score (nSPS) is 39.5. The van der Waals surface area contributed by atoms with Gasteiger partial charge in [-0.2, -0.15) is 0 Å². The zero-order valence-corrected chi connectivity index (χ0v) is 10.9. The number of aromatic nitrogens is 2. The van der Waals surface area contributed by atoms with E-state index in [1.54, 1.807) is 12.4 Å². The molecule has 0 aromatic carbocycles. The van der Waals surface area contributed by atoms with E-state index in [0.717, 1.165) is 17.8 Å². The molecule has 4 aliphatic rings. The van der Waals surface area contributed by atoms with Gasteiger partial charge in [0.2, 0.25) is 5.82 Å². The van der Waals surface area contributed by atoms with Gasteiger partial charge in [-0.3, -0.25) is 0 Å². The lowest BCUT2D eigenvalue weighted by Gasteiger charge is -2.56. The third-order valence-electron chi connectivity index (χ3n) is 5.49. The summed E-state index contributed by atoms with van der Waals surface area (Å²) >= 11 is 0. The van der Waals surface area contributed by atoms with Gasteiger partial charge < -0.3 is 5.11 Å². The van der Waals surface area contributed by atoms with Crippen LogP contribution in [0.5, 0.6) is 0 Å². The SMILES string of the molecule is O=C(O)c1ncc(C23CC4CC(CC(C4)C2)C3)cn1. The lowest BCUT2D eigenvalue weighted by Crippen LogP contribution is -2.48. The first-order chi connectivity index (χ1) is 9.14. The van der Waals surface area contributed by atoms with Crippen LogP contribution in [0, 0.1) is 17.8 Å². The summed E-state index contributed by atoms with van der Waals surface area (Å²) in [5.41, 5.74) is 1.43. The molecule has 1 N–H and O–H groups in total. The minimum absolute atomic E-state index is 0.0894. The fourth-order valence-corrected chi connectivity index (χ4v) is 5.18. The van der Waals surface area contributed by atoms with Crippen molar-refractivity contribution in [3.05, 3.63) is 23.8 Å². The van der Waals surface area contributed by atoms with Crippen LogP contribution in [0.3, 0.4) is 0 Å². The summed E-state index contributed by atoms with van der Waals surface area (Å²) in [5.74, 6) is 1.51. The molecule has 1 heterocycles. The monoisotopic (exact) mass is 258 g/mol. The first-order valence-electron chi connectivity index (χ1n) is 7.20. The predicted octanol–water partition coefficient (Wildman–Crippen LogP) is 2.64. The highest BCUT2D eigenvalue weighted by Crippen LogP contribution is 2.60. The molecule has 4 nitrogen and oxygen atoms in total. The number of aromatic carboxylic acids is 1. The van der Waals surface area contributed by atoms with E-state index in [0.29, 0.717) is 0 Å². The number of carboxylic acids is 1. The van der Waals surface area contributed by atoms with Gasteiger partial charge in [-0.05, 0) is 67.3 Å². The first-order valence-corrected chi connectivity index (χ1v) is 7.20. The summed E-state index contributed by atoms with van der Waals surface area (Å²) < 4.78 is 0. The average molecular weight is 258 g/mol. The fraction of sp³-hybridized carbons (Fsp3) is 0.667. The van der Waals surface area contributed by atoms with Gasteiger partial charge in [0, 0.05) is 12.4 Å². The van der Waals surface area contributed by atoms with Crippen molar-refractivity contribution in [2.45, 2.75) is 43.9 Å². The largest absolute Gasteiger partial charge is 0.475 e. The van der Waals surface area contributed by atoms with Crippen LogP contribution in [0.15, 0.2) is 12.4 Å². The van der Waals surface area contributed by atoms with Crippen molar-refractivity contribution in [3.63, 3.8) is 0 Å². The summed E-state index contributed by atoms with van der Waals surface area (Å²) in [6.07, 6.45) is 11.5. The van der Waals surface area contributed by atoms with Crippen LogP contribution >= 0.6 is 0 Å². The van der Waals surface area contributed by atoms with Gasteiger partial charge >= 0.3 is 5.97 Å². The van der Waals surface area contributed by atoms with E-state index in [-0.39, 0.29) is 11.2 Å². The Balaban J connectivity index is 1.69. The van der Waals surface area contributed by atoms with Gasteiger partial charge in [0.1, 0.15) is 0 Å². The number of rotatable bonds is 2. The second kappa shape index (κ2) is 3.78. The molecular weight excluding hydrogens is 240 g/mol. The van der Waals surface area contributed by atoms with Gasteiger partial charge in [0.05, 0.1) is 0 Å². The van der Waals surface area contributed by atoms with Crippen LogP contribution in [0.1, 0.15) is 54.7 Å². The first kappa shape index (κ1) is 11.4. The lowest BCUT2D eigenvalue weighted by atomic mass is 9.48. The topological polar surface area (TPSA) is 63.1 Å². The van der Waals surface area contributed by atoms with E-state index in [9.17, 15) is 4.79 Å². The average Bonchev–Trinajstić information content (AvgIpc) is 2.37. The van der Waals surface area contributed by atoms with Crippen LogP contribution in [0.4, 0.5) is 0 Å². The van der Waals surface area contributed by atoms with E-state index in [1.807, 2.05) is 0 Å². The van der Waals surface area contributed by atoms with Crippen LogP contribution in [-0.4, -0.2) is 21.0 Å². The van der Waals surface area contributed by atoms with E-state index < -0.39 is 5.97 Å². The van der Waals surface area contributed by atoms with Gasteiger partial charge in [-0.25, -0.2) is 14.8 Å². The molecule has 0 radical (unpaired) electrons. The molecular formula is C15H18N2O2. The Bertz CT molecular complexity index is 488. The summed E-state index contributed by atoms with van der Waals surface area (Å²) in [6.45, 7) is 0. The number of hydrogen-bond acceptors (Lipinski definition) is 3. The highest BCUT2D eigenvalue weighted by molar-refractivity contribution is 5.82. The van der Waals surface area contributed by atoms with Gasteiger partial charge in [-0.1, -0.05) is 0 Å². The standard InChI is InChI=1S/C15H18N2O2/c18-14(19)13-16-7-12(8-17-13)15-4-9-1-10(5-15)3-11(2-9)6-15/h7-11H,1-6H2,(H,18,19). The molecule has 4 fully saturated rings. The zero-order valence-electron chi connectivity index (χ0n) is 10.9. The van der Waals surface area contributed by atoms with E-state index in [4.69, 9.17) is 5.11 Å². The molecule has 0 unspecified atom stereocenters. The smallest absolute Gasteiger partial charge is 0.373 e. The molecule has 0 atom stereocenters. The third kappa shape index (κ3) is 1.69. The minimum atomic E-state index is -1.04. The lowest BCUT2D eigenvalue weighted by molar-refractivity contribution is -0.00554. The molecule has 19 heavy (non-hydrogen) atoms. The van der Waals surface area contributed by atoms with E-state index in [2.05, 4.69) is 9.97 Å². The maximum absolute atomic E-state index is 10.8. The summed E-state index contributed by atoms with van der Waals surface area (Å²) in [4.78, 5) is 18.9. The molecule has 100 valence electrons. The molecule has 0 spiro atoms. The van der Waals surface area contributed by atoms with Crippen molar-refractivity contribution in [2.24, 2.45) is 17.8 Å². The summed E-state index contributed by atoms with van der Waals surface area (Å²) in [6, 6.07) is 0. The fourth-order valence-electron chi connectivity index (χ4n) is 5.18. The molecule has 4 saturated carbocycles. The Morgan fingerprint density at radius 1 is 1.05 bits per heavy atom. The predicted molar refractivity (Wildman–Crippen MR) is 68.8 cm³/mol. The van der Waals surface area contributed by atoms with Crippen molar-refractivity contribution < 1.29 is 9.90 Å². The van der Waals surface area contributed by atoms with Crippen LogP contribution in [0.2, 0.25) is 0 Å². The molecule has 0 saturated heterocycles. The second-order valence-electron chi connectivity index (χ2n) is 6.80. The van der Waals surface area contributed by atoms with Gasteiger partial charge in [0.25, 0.3) is 0 Å². The highest BCUT2D eigenvalue weighted by Gasteiger charge is 2.51. The molecule has 4 aliphatic carbocycles. The third-order valence-corrected chi connectivity index (χ3v) is 5.49. The molecule has 4 bridgehead atoms. The molecule has 0 amide bonds. The Hall–Kier alpha value is -1.45. The number of carboxylic acid groups (broad SMARTS) is 1. The van der Waals surface area contributed by atoms with Crippen LogP contribution in [-0.2, 0) is 5.41 Å². The Morgan fingerprint density at radius 3 is 1.95 bits per heavy atom. The second-order valence-corrected chi connectivity index (χ2v) is 6.80. The molecule has 0 aliphatic heterocycles. The van der Waals surface area contributed by atoms with E-state index in [1.165, 1.54) is 44.1 Å². The van der Waals surface area contributed by atoms with Crippen molar-refractivity contribution >= 4 is 5.97 Å². The number of hydrogen-bond donors (Lipinski definition) is 1. The quantitative estimate of drug-likeness (QED) is 0.885. The summed E-state index contributed by atoms with van der Waals surface area (Å²) in [7, 11) is 0. The molecule has 4 heteroatoms. The van der Waals surface area contributed by atoms with Crippen molar-refractivity contribution in [3.8, 4) is 0 Å². The Kier molecular flexibility index (Phi) is 2.26. The highest BCUT2D eigenvalue weighted by atomic mass is 16.4. The number of nitrogens with zero attached hydrogens (tertiary/aromatic N) is 2. The Morgan fingerprint density at radius 2 is 1.53 bits per heavy atom. The van der Waals surface area contributed by atoms with Crippen LogP contribution in [0.25, 0.3) is 0 Å². The van der Waals surface area contributed by atoms with Gasteiger partial charge in [-0.15, -0.1) is 0 Å². The van der Waals surface area contributed by atoms with Gasteiger partial charge in [0.15, 0.2) is 0 Å². The molecule has 5 rings (SSSR count). The van der Waals surface area contributed by atoms with Crippen molar-refractivity contribution in [1.82, 2.24) is 9.97 Å². The van der Waals surface area contributed by atoms with Crippen LogP contribution < -0.4 is 0 Å². The maximum Gasteiger partial charge on any atom is 0.373 e. The maximum atomic E-state index is 10.8. The van der Waals surface area contributed by atoms with Crippen molar-refractivity contribution in [1.29, 1.82) is 0 Å². The Labute approximate surface area is 112 Å². The summed E-state index contributed by atoms with van der Waals surface area (Å²) in [5, 5.41) is 8.88. The minimum Gasteiger partial charge on any atom is -0.475 e. The number of carbonyl (C=O) groups is 1. The zero-order chi connectivity index (χ0) is 13.0. The van der Waals surface area contributed by atoms with Crippen molar-refractivity contribution in [2.75, 3.05) is 0 Å².